The molecule has 0 aliphatic carbocycles. The molecule has 6 nitrogen and oxygen atoms in total. The summed E-state index contributed by atoms with van der Waals surface area (Å²) in [6.07, 6.45) is 0. The van der Waals surface area contributed by atoms with Crippen molar-refractivity contribution in [3.05, 3.63) is 71.3 Å². The van der Waals surface area contributed by atoms with Crippen molar-refractivity contribution < 1.29 is 13.9 Å². The van der Waals surface area contributed by atoms with Crippen LogP contribution >= 0.6 is 0 Å². The molecular formula is C20H19FN4O2. The van der Waals surface area contributed by atoms with E-state index in [1.165, 1.54) is 6.07 Å². The Morgan fingerprint density at radius 1 is 0.963 bits per heavy atom. The van der Waals surface area contributed by atoms with E-state index in [4.69, 9.17) is 4.74 Å². The van der Waals surface area contributed by atoms with Gasteiger partial charge in [-0.3, -0.25) is 0 Å². The van der Waals surface area contributed by atoms with E-state index in [2.05, 4.69) is 20.6 Å². The van der Waals surface area contributed by atoms with Crippen LogP contribution in [-0.4, -0.2) is 16.0 Å². The van der Waals surface area contributed by atoms with Gasteiger partial charge in [-0.2, -0.15) is 9.97 Å². The molecule has 27 heavy (non-hydrogen) atoms. The summed E-state index contributed by atoms with van der Waals surface area (Å²) in [6.45, 7) is 5.14. The number of anilines is 2. The minimum atomic E-state index is -0.509. The van der Waals surface area contributed by atoms with Gasteiger partial charge in [0.2, 0.25) is 0 Å². The largest absolute Gasteiger partial charge is 0.424 e. The summed E-state index contributed by atoms with van der Waals surface area (Å²) in [6, 6.07) is 13.4. The number of nitrogens with one attached hydrogen (secondary N) is 2. The molecule has 1 heterocycles. The van der Waals surface area contributed by atoms with Crippen molar-refractivity contribution in [3.8, 4) is 11.8 Å². The molecule has 0 saturated carbocycles. The van der Waals surface area contributed by atoms with Crippen LogP contribution in [-0.2, 0) is 0 Å². The Balaban J connectivity index is 1.72. The number of aryl methyl sites for hydroxylation is 3. The maximum atomic E-state index is 13.6. The first kappa shape index (κ1) is 18.3. The second kappa shape index (κ2) is 7.82. The van der Waals surface area contributed by atoms with Gasteiger partial charge >= 0.3 is 12.0 Å². The minimum Gasteiger partial charge on any atom is -0.424 e. The van der Waals surface area contributed by atoms with E-state index in [1.54, 1.807) is 45.0 Å². The molecule has 7 heteroatoms. The Morgan fingerprint density at radius 3 is 2.26 bits per heavy atom. The first-order valence-electron chi connectivity index (χ1n) is 8.34. The lowest BCUT2D eigenvalue weighted by Crippen LogP contribution is -2.21. The highest BCUT2D eigenvalue weighted by Gasteiger charge is 2.13. The number of amides is 2. The number of aromatic nitrogens is 2. The number of urea groups is 1. The fourth-order valence-electron chi connectivity index (χ4n) is 2.45. The molecule has 138 valence electrons. The van der Waals surface area contributed by atoms with Gasteiger partial charge in [0.1, 0.15) is 11.6 Å². The van der Waals surface area contributed by atoms with Crippen LogP contribution in [0.3, 0.4) is 0 Å². The zero-order chi connectivity index (χ0) is 19.4. The quantitative estimate of drug-likeness (QED) is 0.683. The topological polar surface area (TPSA) is 76.1 Å². The smallest absolute Gasteiger partial charge is 0.323 e. The normalized spacial score (nSPS) is 10.4. The van der Waals surface area contributed by atoms with E-state index in [9.17, 15) is 9.18 Å². The number of hydrogen-bond acceptors (Lipinski definition) is 4. The predicted octanol–water partition coefficient (Wildman–Crippen LogP) is 4.98. The number of carbonyl (C=O) groups is 1. The van der Waals surface area contributed by atoms with Crippen LogP contribution in [0.25, 0.3) is 0 Å². The fraction of sp³-hybridized carbons (Fsp3) is 0.150. The molecule has 3 rings (SSSR count). The standard InChI is InChI=1S/C20H19FN4O2/c1-12-9-10-15(11-17(12)21)24-19(26)25-18-13(2)22-20(23-14(18)3)27-16-7-5-4-6-8-16/h4-11H,1-3H3,(H2,24,25,26). The fourth-order valence-corrected chi connectivity index (χ4v) is 2.45. The van der Waals surface area contributed by atoms with E-state index in [0.29, 0.717) is 34.1 Å². The summed E-state index contributed by atoms with van der Waals surface area (Å²) in [5.41, 5.74) is 2.45. The molecule has 0 aliphatic heterocycles. The second-order valence-electron chi connectivity index (χ2n) is 6.01. The molecule has 1 aromatic heterocycles. The number of carbonyl (C=O) groups excluding carboxylic acids is 1. The van der Waals surface area contributed by atoms with Crippen molar-refractivity contribution in [2.45, 2.75) is 20.8 Å². The zero-order valence-electron chi connectivity index (χ0n) is 15.2. The molecule has 2 aromatic carbocycles. The molecule has 2 N–H and O–H groups in total. The lowest BCUT2D eigenvalue weighted by molar-refractivity contribution is 0.262. The molecule has 0 bridgehead atoms. The molecule has 0 spiro atoms. The maximum absolute atomic E-state index is 13.6. The van der Waals surface area contributed by atoms with E-state index >= 15 is 0 Å². The molecule has 0 atom stereocenters. The van der Waals surface area contributed by atoms with Crippen molar-refractivity contribution in [1.82, 2.24) is 9.97 Å². The van der Waals surface area contributed by atoms with Crippen molar-refractivity contribution in [2.75, 3.05) is 10.6 Å². The number of para-hydroxylation sites is 1. The maximum Gasteiger partial charge on any atom is 0.323 e. The molecule has 0 aliphatic rings. The number of hydrogen-bond donors (Lipinski definition) is 2. The number of halogens is 1. The van der Waals surface area contributed by atoms with Gasteiger partial charge in [-0.25, -0.2) is 9.18 Å². The van der Waals surface area contributed by atoms with Crippen LogP contribution in [0.1, 0.15) is 17.0 Å². The van der Waals surface area contributed by atoms with Gasteiger partial charge in [-0.15, -0.1) is 0 Å². The molecule has 3 aromatic rings. The van der Waals surface area contributed by atoms with Crippen molar-refractivity contribution in [3.63, 3.8) is 0 Å². The monoisotopic (exact) mass is 366 g/mol. The average Bonchev–Trinajstić information content (AvgIpc) is 2.62. The van der Waals surface area contributed by atoms with Gasteiger partial charge in [0, 0.05) is 5.69 Å². The summed E-state index contributed by atoms with van der Waals surface area (Å²) < 4.78 is 19.2. The Kier molecular flexibility index (Phi) is 5.30. The Morgan fingerprint density at radius 2 is 1.63 bits per heavy atom. The molecule has 2 amide bonds. The van der Waals surface area contributed by atoms with Crippen LogP contribution in [0.2, 0.25) is 0 Å². The molecule has 0 saturated heterocycles. The predicted molar refractivity (Wildman–Crippen MR) is 102 cm³/mol. The highest BCUT2D eigenvalue weighted by atomic mass is 19.1. The minimum absolute atomic E-state index is 0.197. The first-order valence-corrected chi connectivity index (χ1v) is 8.34. The van der Waals surface area contributed by atoms with E-state index in [-0.39, 0.29) is 11.8 Å². The van der Waals surface area contributed by atoms with Gasteiger partial charge in [0.05, 0.1) is 17.1 Å². The number of ether oxygens (including phenoxy) is 1. The van der Waals surface area contributed by atoms with Gasteiger partial charge in [0.25, 0.3) is 0 Å². The Hall–Kier alpha value is -3.48. The van der Waals surface area contributed by atoms with Crippen molar-refractivity contribution >= 4 is 17.4 Å². The third kappa shape index (κ3) is 4.58. The van der Waals surface area contributed by atoms with Crippen LogP contribution in [0.5, 0.6) is 11.8 Å². The van der Waals surface area contributed by atoms with Crippen LogP contribution in [0, 0.1) is 26.6 Å². The second-order valence-corrected chi connectivity index (χ2v) is 6.01. The highest BCUT2D eigenvalue weighted by molar-refractivity contribution is 6.00. The van der Waals surface area contributed by atoms with Crippen LogP contribution in [0.4, 0.5) is 20.6 Å². The Labute approximate surface area is 156 Å². The number of benzene rings is 2. The van der Waals surface area contributed by atoms with Gasteiger partial charge in [0.15, 0.2) is 0 Å². The van der Waals surface area contributed by atoms with Crippen LogP contribution in [0.15, 0.2) is 48.5 Å². The summed E-state index contributed by atoms with van der Waals surface area (Å²) in [7, 11) is 0. The summed E-state index contributed by atoms with van der Waals surface area (Å²) >= 11 is 0. The van der Waals surface area contributed by atoms with Crippen LogP contribution < -0.4 is 15.4 Å². The zero-order valence-corrected chi connectivity index (χ0v) is 15.2. The molecular weight excluding hydrogens is 347 g/mol. The summed E-state index contributed by atoms with van der Waals surface area (Å²) in [5.74, 6) is 0.238. The van der Waals surface area contributed by atoms with Gasteiger partial charge < -0.3 is 15.4 Å². The van der Waals surface area contributed by atoms with E-state index in [1.807, 2.05) is 18.2 Å². The van der Waals surface area contributed by atoms with E-state index < -0.39 is 6.03 Å². The van der Waals surface area contributed by atoms with E-state index in [0.717, 1.165) is 0 Å². The van der Waals surface area contributed by atoms with Crippen molar-refractivity contribution in [2.24, 2.45) is 0 Å². The number of rotatable bonds is 4. The molecule has 0 radical (unpaired) electrons. The highest BCUT2D eigenvalue weighted by Crippen LogP contribution is 2.23. The average molecular weight is 366 g/mol. The summed E-state index contributed by atoms with van der Waals surface area (Å²) in [5, 5.41) is 5.29. The third-order valence-electron chi connectivity index (χ3n) is 3.87. The Bertz CT molecular complexity index is 954. The molecule has 0 unspecified atom stereocenters. The van der Waals surface area contributed by atoms with Gasteiger partial charge in [-0.05, 0) is 50.6 Å². The lowest BCUT2D eigenvalue weighted by Gasteiger charge is -2.13. The number of nitrogens with zero attached hydrogens (tertiary/aromatic N) is 2. The summed E-state index contributed by atoms with van der Waals surface area (Å²) in [4.78, 5) is 20.8. The van der Waals surface area contributed by atoms with Gasteiger partial charge in [-0.1, -0.05) is 24.3 Å². The van der Waals surface area contributed by atoms with Crippen molar-refractivity contribution in [1.29, 1.82) is 0 Å². The lowest BCUT2D eigenvalue weighted by atomic mass is 10.2. The SMILES string of the molecule is Cc1ccc(NC(=O)Nc2c(C)nc(Oc3ccccc3)nc2C)cc1F. The first-order chi connectivity index (χ1) is 12.9. The third-order valence-corrected chi connectivity index (χ3v) is 3.87. The molecule has 0 fully saturated rings.